The van der Waals surface area contributed by atoms with Crippen molar-refractivity contribution in [3.63, 3.8) is 0 Å². The molecular weight excluding hydrogens is 246 g/mol. The van der Waals surface area contributed by atoms with E-state index in [1.54, 1.807) is 11.1 Å². The van der Waals surface area contributed by atoms with Crippen molar-refractivity contribution in [2.24, 2.45) is 11.3 Å². The van der Waals surface area contributed by atoms with Crippen molar-refractivity contribution < 1.29 is 4.74 Å². The van der Waals surface area contributed by atoms with E-state index in [-0.39, 0.29) is 0 Å². The molecule has 3 aliphatic carbocycles. The Bertz CT molecular complexity index is 478. The van der Waals surface area contributed by atoms with Crippen LogP contribution >= 0.6 is 0 Å². The van der Waals surface area contributed by atoms with E-state index < -0.39 is 0 Å². The van der Waals surface area contributed by atoms with E-state index in [0.29, 0.717) is 5.41 Å². The first-order chi connectivity index (χ1) is 9.74. The number of rotatable bonds is 1. The van der Waals surface area contributed by atoms with Gasteiger partial charge in [0.1, 0.15) is 0 Å². The molecule has 1 heterocycles. The third kappa shape index (κ3) is 1.67. The first kappa shape index (κ1) is 12.9. The van der Waals surface area contributed by atoms with Crippen LogP contribution in [-0.2, 0) is 4.74 Å². The molecule has 0 spiro atoms. The van der Waals surface area contributed by atoms with Crippen LogP contribution in [0.25, 0.3) is 0 Å². The Morgan fingerprint density at radius 3 is 3.00 bits per heavy atom. The predicted octanol–water partition coefficient (Wildman–Crippen LogP) is 3.89. The van der Waals surface area contributed by atoms with E-state index in [0.717, 1.165) is 18.4 Å². The van der Waals surface area contributed by atoms with E-state index in [1.807, 2.05) is 7.11 Å². The summed E-state index contributed by atoms with van der Waals surface area (Å²) in [6, 6.07) is 0.820. The number of nitrogens with zero attached hydrogens (tertiary/aromatic N) is 1. The van der Waals surface area contributed by atoms with Gasteiger partial charge in [-0.2, -0.15) is 0 Å². The molecule has 0 radical (unpaired) electrons. The summed E-state index contributed by atoms with van der Waals surface area (Å²) in [5.41, 5.74) is 3.99. The lowest BCUT2D eigenvalue weighted by Crippen LogP contribution is -2.57. The molecule has 0 aromatic heterocycles. The summed E-state index contributed by atoms with van der Waals surface area (Å²) in [5.74, 6) is 2.13. The summed E-state index contributed by atoms with van der Waals surface area (Å²) >= 11 is 0. The first-order valence-corrected chi connectivity index (χ1v) is 8.42. The van der Waals surface area contributed by atoms with Gasteiger partial charge >= 0.3 is 0 Å². The zero-order valence-corrected chi connectivity index (χ0v) is 13.0. The number of piperidine rings is 1. The van der Waals surface area contributed by atoms with Gasteiger partial charge in [0.05, 0.1) is 12.9 Å². The fourth-order valence-electron chi connectivity index (χ4n) is 5.62. The van der Waals surface area contributed by atoms with Crippen molar-refractivity contribution in [1.29, 1.82) is 0 Å². The quantitative estimate of drug-likeness (QED) is 0.718. The van der Waals surface area contributed by atoms with Gasteiger partial charge < -0.3 is 9.64 Å². The zero-order chi connectivity index (χ0) is 13.7. The SMILES string of the molecule is COC1=CC2=C(CC1)C[C@H]1[C@H]3CCCC[C@@]23CCN1C. The average molecular weight is 273 g/mol. The fraction of sp³-hybridized carbons (Fsp3) is 0.778. The van der Waals surface area contributed by atoms with Crippen molar-refractivity contribution in [2.45, 2.75) is 57.4 Å². The van der Waals surface area contributed by atoms with Crippen LogP contribution in [0.5, 0.6) is 0 Å². The number of allylic oxidation sites excluding steroid dienone is 3. The van der Waals surface area contributed by atoms with Crippen molar-refractivity contribution in [3.05, 3.63) is 23.0 Å². The molecule has 20 heavy (non-hydrogen) atoms. The maximum Gasteiger partial charge on any atom is 0.0961 e. The smallest absolute Gasteiger partial charge is 0.0961 e. The van der Waals surface area contributed by atoms with Gasteiger partial charge in [-0.25, -0.2) is 0 Å². The zero-order valence-electron chi connectivity index (χ0n) is 13.0. The van der Waals surface area contributed by atoms with Gasteiger partial charge in [0.2, 0.25) is 0 Å². The van der Waals surface area contributed by atoms with Crippen LogP contribution in [0, 0.1) is 11.3 Å². The van der Waals surface area contributed by atoms with E-state index >= 15 is 0 Å². The second-order valence-corrected chi connectivity index (χ2v) is 7.34. The highest BCUT2D eigenvalue weighted by molar-refractivity contribution is 5.42. The van der Waals surface area contributed by atoms with Gasteiger partial charge in [-0.1, -0.05) is 18.4 Å². The van der Waals surface area contributed by atoms with E-state index in [1.165, 1.54) is 57.2 Å². The molecule has 4 rings (SSSR count). The number of methoxy groups -OCH3 is 1. The lowest BCUT2D eigenvalue weighted by atomic mass is 9.51. The third-order valence-corrected chi connectivity index (χ3v) is 6.65. The van der Waals surface area contributed by atoms with Crippen LogP contribution < -0.4 is 0 Å². The molecule has 2 heteroatoms. The van der Waals surface area contributed by atoms with Crippen LogP contribution in [0.2, 0.25) is 0 Å². The van der Waals surface area contributed by atoms with Gasteiger partial charge in [0, 0.05) is 17.9 Å². The molecule has 0 aromatic carbocycles. The molecular formula is C18H27NO. The lowest BCUT2D eigenvalue weighted by molar-refractivity contribution is -0.0234. The first-order valence-electron chi connectivity index (χ1n) is 8.42. The molecule has 2 bridgehead atoms. The van der Waals surface area contributed by atoms with E-state index in [9.17, 15) is 0 Å². The molecule has 110 valence electrons. The maximum absolute atomic E-state index is 5.59. The summed E-state index contributed by atoms with van der Waals surface area (Å²) in [6.45, 7) is 1.29. The second kappa shape index (κ2) is 4.62. The van der Waals surface area contributed by atoms with E-state index in [2.05, 4.69) is 18.0 Å². The standard InChI is InChI=1S/C18H27NO/c1-19-10-9-18-8-4-3-5-15(18)17(19)11-13-6-7-14(20-2)12-16(13)18/h12,15,17H,3-11H2,1-2H3/t15-,17+,18+/m1/s1. The van der Waals surface area contributed by atoms with Crippen molar-refractivity contribution in [2.75, 3.05) is 20.7 Å². The van der Waals surface area contributed by atoms with Gasteiger partial charge in [-0.3, -0.25) is 0 Å². The van der Waals surface area contributed by atoms with Crippen molar-refractivity contribution in [3.8, 4) is 0 Å². The second-order valence-electron chi connectivity index (χ2n) is 7.34. The molecule has 1 aliphatic heterocycles. The lowest BCUT2D eigenvalue weighted by Gasteiger charge is -2.59. The van der Waals surface area contributed by atoms with E-state index in [4.69, 9.17) is 4.74 Å². The minimum atomic E-state index is 0.507. The Hall–Kier alpha value is -0.760. The Balaban J connectivity index is 1.82. The van der Waals surface area contributed by atoms with Crippen molar-refractivity contribution in [1.82, 2.24) is 4.90 Å². The summed E-state index contributed by atoms with van der Waals surface area (Å²) in [5, 5.41) is 0. The highest BCUT2D eigenvalue weighted by atomic mass is 16.5. The molecule has 0 aromatic rings. The Labute approximate surface area is 122 Å². The summed E-state index contributed by atoms with van der Waals surface area (Å²) in [6.07, 6.45) is 13.2. The minimum Gasteiger partial charge on any atom is -0.501 e. The molecule has 0 unspecified atom stereocenters. The molecule has 4 aliphatic rings. The minimum absolute atomic E-state index is 0.507. The number of likely N-dealkylation sites (tertiary alicyclic amines) is 1. The molecule has 0 amide bonds. The van der Waals surface area contributed by atoms with Crippen LogP contribution in [0.1, 0.15) is 51.4 Å². The Morgan fingerprint density at radius 2 is 2.15 bits per heavy atom. The monoisotopic (exact) mass is 273 g/mol. The average Bonchev–Trinajstić information content (AvgIpc) is 2.50. The summed E-state index contributed by atoms with van der Waals surface area (Å²) < 4.78 is 5.59. The normalized spacial score (nSPS) is 40.8. The highest BCUT2D eigenvalue weighted by Crippen LogP contribution is 2.60. The molecule has 2 nitrogen and oxygen atoms in total. The fourth-order valence-corrected chi connectivity index (χ4v) is 5.62. The summed E-state index contributed by atoms with van der Waals surface area (Å²) in [7, 11) is 4.20. The third-order valence-electron chi connectivity index (χ3n) is 6.65. The molecule has 1 saturated heterocycles. The number of ether oxygens (including phenoxy) is 1. The summed E-state index contributed by atoms with van der Waals surface area (Å²) in [4.78, 5) is 2.66. The molecule has 2 fully saturated rings. The molecule has 0 N–H and O–H groups in total. The predicted molar refractivity (Wildman–Crippen MR) is 81.4 cm³/mol. The van der Waals surface area contributed by atoms with Crippen LogP contribution in [0.3, 0.4) is 0 Å². The highest BCUT2D eigenvalue weighted by Gasteiger charge is 2.53. The Morgan fingerprint density at radius 1 is 1.25 bits per heavy atom. The number of hydrogen-bond acceptors (Lipinski definition) is 2. The van der Waals surface area contributed by atoms with Gasteiger partial charge in [0.25, 0.3) is 0 Å². The van der Waals surface area contributed by atoms with Crippen LogP contribution in [0.15, 0.2) is 23.0 Å². The van der Waals surface area contributed by atoms with Crippen molar-refractivity contribution >= 4 is 0 Å². The Kier molecular flexibility index (Phi) is 2.99. The van der Waals surface area contributed by atoms with Gasteiger partial charge in [-0.15, -0.1) is 0 Å². The van der Waals surface area contributed by atoms with Gasteiger partial charge in [-0.05, 0) is 63.3 Å². The van der Waals surface area contributed by atoms with Crippen LogP contribution in [0.4, 0.5) is 0 Å². The number of hydrogen-bond donors (Lipinski definition) is 0. The molecule has 3 atom stereocenters. The largest absolute Gasteiger partial charge is 0.501 e. The molecule has 1 saturated carbocycles. The van der Waals surface area contributed by atoms with Crippen LogP contribution in [-0.4, -0.2) is 31.6 Å². The van der Waals surface area contributed by atoms with Gasteiger partial charge in [0.15, 0.2) is 0 Å². The maximum atomic E-state index is 5.59. The topological polar surface area (TPSA) is 12.5 Å².